The van der Waals surface area contributed by atoms with Crippen LogP contribution in [0.4, 0.5) is 11.4 Å². The second-order valence-electron chi connectivity index (χ2n) is 6.12. The Morgan fingerprint density at radius 3 is 2.20 bits per heavy atom. The maximum absolute atomic E-state index is 12.5. The van der Waals surface area contributed by atoms with E-state index in [0.717, 1.165) is 0 Å². The molecule has 0 fully saturated rings. The smallest absolute Gasteiger partial charge is 0.262 e. The zero-order chi connectivity index (χ0) is 21.6. The lowest BCUT2D eigenvalue weighted by Gasteiger charge is -2.11. The zero-order valence-corrected chi connectivity index (χ0v) is 17.5. The van der Waals surface area contributed by atoms with Gasteiger partial charge in [0, 0.05) is 5.69 Å². The summed E-state index contributed by atoms with van der Waals surface area (Å²) in [6.07, 6.45) is 0. The van der Waals surface area contributed by atoms with Gasteiger partial charge in [0.05, 0.1) is 22.7 Å². The molecule has 3 rings (SSSR count). The summed E-state index contributed by atoms with van der Waals surface area (Å²) in [6, 6.07) is 19.1. The van der Waals surface area contributed by atoms with Gasteiger partial charge < -0.3 is 14.8 Å². The van der Waals surface area contributed by atoms with E-state index in [-0.39, 0.29) is 17.4 Å². The lowest BCUT2D eigenvalue weighted by molar-refractivity contribution is -0.118. The molecular formula is C21H19ClN2O5S. The molecule has 0 spiro atoms. The van der Waals surface area contributed by atoms with Crippen LogP contribution in [0.2, 0.25) is 5.02 Å². The standard InChI is InChI=1S/C21H19ClN2O5S/c1-28-16-8-6-15(7-9-16)24-30(26,27)18-12-10-17(11-13-18)29-14-21(25)23-20-5-3-2-4-19(20)22/h2-13,24H,14H2,1H3,(H,23,25). The Morgan fingerprint density at radius 1 is 0.933 bits per heavy atom. The summed E-state index contributed by atoms with van der Waals surface area (Å²) in [5.41, 5.74) is 0.895. The van der Waals surface area contributed by atoms with Gasteiger partial charge in [-0.2, -0.15) is 0 Å². The fourth-order valence-corrected chi connectivity index (χ4v) is 3.73. The number of methoxy groups -OCH3 is 1. The first kappa shape index (κ1) is 21.5. The molecule has 0 aliphatic rings. The number of anilines is 2. The quantitative estimate of drug-likeness (QED) is 0.541. The average Bonchev–Trinajstić information content (AvgIpc) is 2.74. The maximum atomic E-state index is 12.5. The number of ether oxygens (including phenoxy) is 2. The summed E-state index contributed by atoms with van der Waals surface area (Å²) in [7, 11) is -2.24. The second kappa shape index (κ2) is 9.51. The summed E-state index contributed by atoms with van der Waals surface area (Å²) in [6.45, 7) is -0.249. The van der Waals surface area contributed by atoms with Crippen molar-refractivity contribution >= 4 is 38.9 Å². The van der Waals surface area contributed by atoms with Crippen molar-refractivity contribution in [2.24, 2.45) is 0 Å². The molecule has 0 atom stereocenters. The summed E-state index contributed by atoms with van der Waals surface area (Å²) in [4.78, 5) is 12.1. The van der Waals surface area contributed by atoms with Crippen LogP contribution in [0.5, 0.6) is 11.5 Å². The number of carbonyl (C=O) groups is 1. The van der Waals surface area contributed by atoms with E-state index >= 15 is 0 Å². The Morgan fingerprint density at radius 2 is 1.57 bits per heavy atom. The molecule has 156 valence electrons. The molecule has 0 aromatic heterocycles. The van der Waals surface area contributed by atoms with Crippen molar-refractivity contribution < 1.29 is 22.7 Å². The molecule has 0 aliphatic heterocycles. The Labute approximate surface area is 179 Å². The molecule has 7 nitrogen and oxygen atoms in total. The van der Waals surface area contributed by atoms with Crippen LogP contribution in [-0.4, -0.2) is 28.0 Å². The third kappa shape index (κ3) is 5.65. The Hall–Kier alpha value is -3.23. The fraction of sp³-hybridized carbons (Fsp3) is 0.0952. The van der Waals surface area contributed by atoms with Crippen LogP contribution >= 0.6 is 11.6 Å². The monoisotopic (exact) mass is 446 g/mol. The molecule has 0 aliphatic carbocycles. The highest BCUT2D eigenvalue weighted by Gasteiger charge is 2.14. The van der Waals surface area contributed by atoms with Crippen LogP contribution in [0, 0.1) is 0 Å². The van der Waals surface area contributed by atoms with Crippen LogP contribution in [0.1, 0.15) is 0 Å². The number of rotatable bonds is 8. The molecule has 30 heavy (non-hydrogen) atoms. The number of benzene rings is 3. The largest absolute Gasteiger partial charge is 0.497 e. The highest BCUT2D eigenvalue weighted by Crippen LogP contribution is 2.22. The van der Waals surface area contributed by atoms with Crippen molar-refractivity contribution in [2.75, 3.05) is 23.8 Å². The molecule has 0 unspecified atom stereocenters. The maximum Gasteiger partial charge on any atom is 0.262 e. The molecule has 2 N–H and O–H groups in total. The van der Waals surface area contributed by atoms with E-state index in [2.05, 4.69) is 10.0 Å². The molecule has 3 aromatic rings. The van der Waals surface area contributed by atoms with E-state index in [1.54, 1.807) is 48.5 Å². The van der Waals surface area contributed by atoms with Crippen LogP contribution < -0.4 is 19.5 Å². The minimum Gasteiger partial charge on any atom is -0.497 e. The highest BCUT2D eigenvalue weighted by atomic mass is 35.5. The van der Waals surface area contributed by atoms with Gasteiger partial charge >= 0.3 is 0 Å². The van der Waals surface area contributed by atoms with Crippen molar-refractivity contribution in [2.45, 2.75) is 4.90 Å². The minimum atomic E-state index is -3.77. The third-order valence-corrected chi connectivity index (χ3v) is 5.72. The number of hydrogen-bond acceptors (Lipinski definition) is 5. The van der Waals surface area contributed by atoms with Gasteiger partial charge in [0.2, 0.25) is 0 Å². The second-order valence-corrected chi connectivity index (χ2v) is 8.21. The first-order chi connectivity index (χ1) is 14.4. The SMILES string of the molecule is COc1ccc(NS(=O)(=O)c2ccc(OCC(=O)Nc3ccccc3Cl)cc2)cc1. The molecular weight excluding hydrogens is 428 g/mol. The van der Waals surface area contributed by atoms with Gasteiger partial charge in [-0.1, -0.05) is 23.7 Å². The van der Waals surface area contributed by atoms with E-state index in [9.17, 15) is 13.2 Å². The number of halogens is 1. The molecule has 0 bridgehead atoms. The number of sulfonamides is 1. The van der Waals surface area contributed by atoms with E-state index < -0.39 is 10.0 Å². The van der Waals surface area contributed by atoms with Crippen LogP contribution in [0.3, 0.4) is 0 Å². The number of nitrogens with one attached hydrogen (secondary N) is 2. The third-order valence-electron chi connectivity index (χ3n) is 3.99. The number of hydrogen-bond donors (Lipinski definition) is 2. The lowest BCUT2D eigenvalue weighted by Crippen LogP contribution is -2.20. The summed E-state index contributed by atoms with van der Waals surface area (Å²) in [5, 5.41) is 3.06. The fourth-order valence-electron chi connectivity index (χ4n) is 2.49. The first-order valence-electron chi connectivity index (χ1n) is 8.81. The van der Waals surface area contributed by atoms with Crippen molar-refractivity contribution in [3.8, 4) is 11.5 Å². The summed E-state index contributed by atoms with van der Waals surface area (Å²) in [5.74, 6) is 0.590. The normalized spacial score (nSPS) is 10.9. The van der Waals surface area contributed by atoms with Gasteiger partial charge in [0.1, 0.15) is 11.5 Å². The lowest BCUT2D eigenvalue weighted by atomic mass is 10.3. The average molecular weight is 447 g/mol. The number of para-hydroxylation sites is 1. The molecule has 0 heterocycles. The zero-order valence-electron chi connectivity index (χ0n) is 16.0. The van der Waals surface area contributed by atoms with E-state index in [4.69, 9.17) is 21.1 Å². The predicted molar refractivity (Wildman–Crippen MR) is 116 cm³/mol. The van der Waals surface area contributed by atoms with Gasteiger partial charge in [0.25, 0.3) is 15.9 Å². The Kier molecular flexibility index (Phi) is 6.81. The number of carbonyl (C=O) groups excluding carboxylic acids is 1. The van der Waals surface area contributed by atoms with E-state index in [0.29, 0.717) is 27.9 Å². The van der Waals surface area contributed by atoms with Crippen LogP contribution in [0.15, 0.2) is 77.7 Å². The summed E-state index contributed by atoms with van der Waals surface area (Å²) < 4.78 is 38.0. The van der Waals surface area contributed by atoms with Gasteiger partial charge in [-0.25, -0.2) is 8.42 Å². The molecule has 1 amide bonds. The van der Waals surface area contributed by atoms with Gasteiger partial charge in [-0.3, -0.25) is 9.52 Å². The Balaban J connectivity index is 1.58. The van der Waals surface area contributed by atoms with Crippen LogP contribution in [0.25, 0.3) is 0 Å². The molecule has 0 radical (unpaired) electrons. The highest BCUT2D eigenvalue weighted by molar-refractivity contribution is 7.92. The predicted octanol–water partition coefficient (Wildman–Crippen LogP) is 4.17. The van der Waals surface area contributed by atoms with Crippen molar-refractivity contribution in [3.63, 3.8) is 0 Å². The van der Waals surface area contributed by atoms with Crippen LogP contribution in [-0.2, 0) is 14.8 Å². The number of amides is 1. The van der Waals surface area contributed by atoms with Crippen molar-refractivity contribution in [1.82, 2.24) is 0 Å². The van der Waals surface area contributed by atoms with Gasteiger partial charge in [-0.15, -0.1) is 0 Å². The van der Waals surface area contributed by atoms with E-state index in [1.807, 2.05) is 0 Å². The van der Waals surface area contributed by atoms with Crippen molar-refractivity contribution in [3.05, 3.63) is 77.8 Å². The van der Waals surface area contributed by atoms with E-state index in [1.165, 1.54) is 31.4 Å². The van der Waals surface area contributed by atoms with Gasteiger partial charge in [0.15, 0.2) is 6.61 Å². The minimum absolute atomic E-state index is 0.0613. The molecule has 3 aromatic carbocycles. The molecule has 9 heteroatoms. The molecule has 0 saturated heterocycles. The summed E-state index contributed by atoms with van der Waals surface area (Å²) >= 11 is 5.99. The van der Waals surface area contributed by atoms with Crippen molar-refractivity contribution in [1.29, 1.82) is 0 Å². The topological polar surface area (TPSA) is 93.7 Å². The van der Waals surface area contributed by atoms with Gasteiger partial charge in [-0.05, 0) is 60.7 Å². The Bertz CT molecular complexity index is 1120. The first-order valence-corrected chi connectivity index (χ1v) is 10.7. The molecule has 0 saturated carbocycles.